The van der Waals surface area contributed by atoms with Crippen molar-refractivity contribution >= 4 is 33.0 Å². The number of hydrogen-bond donors (Lipinski definition) is 1. The fraction of sp³-hybridized carbons (Fsp3) is 0.125. The molecule has 8 heteroatoms. The molecule has 3 aromatic rings. The van der Waals surface area contributed by atoms with E-state index in [9.17, 15) is 22.8 Å². The smallest absolute Gasteiger partial charge is 0.225 e. The highest BCUT2D eigenvalue weighted by atomic mass is 32.2. The molecule has 1 amide bonds. The number of ketones is 2. The van der Waals surface area contributed by atoms with E-state index in [0.29, 0.717) is 22.6 Å². The standard InChI is InChI=1S/C24H19NO6S/c1-31-16-7-9-17(10-8-16)32(29,30)13-12-22(26)25-15-6-11-20-21(14-15)24(28)19-5-3-2-4-18(19)23(20)27/h2-11,14H,12-13H2,1H3,(H,25,26). The highest BCUT2D eigenvalue weighted by Crippen LogP contribution is 2.29. The molecule has 1 aliphatic rings. The number of amides is 1. The molecule has 1 N–H and O–H groups in total. The van der Waals surface area contributed by atoms with Crippen LogP contribution in [0.25, 0.3) is 0 Å². The molecule has 4 rings (SSSR count). The van der Waals surface area contributed by atoms with Gasteiger partial charge in [0.1, 0.15) is 5.75 Å². The van der Waals surface area contributed by atoms with Crippen LogP contribution in [0.3, 0.4) is 0 Å². The van der Waals surface area contributed by atoms with E-state index >= 15 is 0 Å². The van der Waals surface area contributed by atoms with E-state index in [-0.39, 0.29) is 39.8 Å². The molecular formula is C24H19NO6S. The zero-order chi connectivity index (χ0) is 22.9. The average molecular weight is 449 g/mol. The Morgan fingerprint density at radius 2 is 1.44 bits per heavy atom. The third kappa shape index (κ3) is 4.04. The summed E-state index contributed by atoms with van der Waals surface area (Å²) in [6, 6.07) is 17.0. The van der Waals surface area contributed by atoms with Crippen molar-refractivity contribution in [3.05, 3.63) is 89.0 Å². The average Bonchev–Trinajstić information content (AvgIpc) is 2.81. The van der Waals surface area contributed by atoms with Crippen molar-refractivity contribution in [1.82, 2.24) is 0 Å². The zero-order valence-corrected chi connectivity index (χ0v) is 17.9. The van der Waals surface area contributed by atoms with Gasteiger partial charge in [-0.05, 0) is 42.5 Å². The summed E-state index contributed by atoms with van der Waals surface area (Å²) in [5.74, 6) is -0.908. The summed E-state index contributed by atoms with van der Waals surface area (Å²) in [7, 11) is -2.17. The number of hydrogen-bond acceptors (Lipinski definition) is 6. The van der Waals surface area contributed by atoms with Gasteiger partial charge in [-0.1, -0.05) is 24.3 Å². The van der Waals surface area contributed by atoms with E-state index < -0.39 is 15.7 Å². The van der Waals surface area contributed by atoms with Gasteiger partial charge in [-0.25, -0.2) is 8.42 Å². The lowest BCUT2D eigenvalue weighted by molar-refractivity contribution is -0.115. The molecule has 0 saturated heterocycles. The molecule has 0 atom stereocenters. The second kappa shape index (κ2) is 8.39. The molecule has 0 spiro atoms. The van der Waals surface area contributed by atoms with E-state index in [2.05, 4.69) is 5.32 Å². The van der Waals surface area contributed by atoms with Crippen molar-refractivity contribution in [3.63, 3.8) is 0 Å². The molecule has 0 heterocycles. The number of benzene rings is 3. The Hall–Kier alpha value is -3.78. The van der Waals surface area contributed by atoms with Crippen LogP contribution in [0.4, 0.5) is 5.69 Å². The summed E-state index contributed by atoms with van der Waals surface area (Å²) in [6.07, 6.45) is -0.263. The van der Waals surface area contributed by atoms with Crippen LogP contribution in [0.2, 0.25) is 0 Å². The first-order chi connectivity index (χ1) is 15.3. The van der Waals surface area contributed by atoms with Crippen LogP contribution < -0.4 is 10.1 Å². The van der Waals surface area contributed by atoms with Gasteiger partial charge in [-0.15, -0.1) is 0 Å². The molecule has 0 unspecified atom stereocenters. The van der Waals surface area contributed by atoms with Gasteiger partial charge in [0.2, 0.25) is 5.91 Å². The number of rotatable bonds is 6. The predicted octanol–water partition coefficient (Wildman–Crippen LogP) is 3.27. The monoisotopic (exact) mass is 449 g/mol. The van der Waals surface area contributed by atoms with E-state index in [0.717, 1.165) is 0 Å². The zero-order valence-electron chi connectivity index (χ0n) is 17.1. The maximum atomic E-state index is 12.8. The van der Waals surface area contributed by atoms with Gasteiger partial charge in [0.05, 0.1) is 17.8 Å². The van der Waals surface area contributed by atoms with Crippen molar-refractivity contribution < 1.29 is 27.5 Å². The molecule has 162 valence electrons. The Morgan fingerprint density at radius 3 is 2.06 bits per heavy atom. The minimum atomic E-state index is -3.65. The quantitative estimate of drug-likeness (QED) is 0.484. The van der Waals surface area contributed by atoms with Gasteiger partial charge in [-0.2, -0.15) is 0 Å². The van der Waals surface area contributed by atoms with E-state index in [1.54, 1.807) is 24.3 Å². The maximum absolute atomic E-state index is 12.8. The third-order valence-corrected chi connectivity index (χ3v) is 6.96. The van der Waals surface area contributed by atoms with Gasteiger partial charge < -0.3 is 10.1 Å². The topological polar surface area (TPSA) is 107 Å². The fourth-order valence-electron chi connectivity index (χ4n) is 3.53. The first-order valence-electron chi connectivity index (χ1n) is 9.79. The number of nitrogens with one attached hydrogen (secondary N) is 1. The van der Waals surface area contributed by atoms with Crippen LogP contribution in [-0.2, 0) is 14.6 Å². The summed E-state index contributed by atoms with van der Waals surface area (Å²) in [6.45, 7) is 0. The van der Waals surface area contributed by atoms with Crippen molar-refractivity contribution in [2.24, 2.45) is 0 Å². The maximum Gasteiger partial charge on any atom is 0.225 e. The van der Waals surface area contributed by atoms with E-state index in [4.69, 9.17) is 4.74 Å². The van der Waals surface area contributed by atoms with Gasteiger partial charge in [-0.3, -0.25) is 14.4 Å². The molecule has 0 aliphatic heterocycles. The van der Waals surface area contributed by atoms with Gasteiger partial charge >= 0.3 is 0 Å². The number of carbonyl (C=O) groups is 3. The molecule has 0 bridgehead atoms. The van der Waals surface area contributed by atoms with Crippen molar-refractivity contribution in [2.75, 3.05) is 18.2 Å². The molecule has 3 aromatic carbocycles. The lowest BCUT2D eigenvalue weighted by Gasteiger charge is -2.18. The molecule has 0 radical (unpaired) electrons. The normalized spacial score (nSPS) is 12.7. The second-order valence-electron chi connectivity index (χ2n) is 7.26. The second-order valence-corrected chi connectivity index (χ2v) is 9.37. The first kappa shape index (κ1) is 21.5. The molecule has 7 nitrogen and oxygen atoms in total. The number of ether oxygens (including phenoxy) is 1. The van der Waals surface area contributed by atoms with Crippen LogP contribution in [0.15, 0.2) is 71.6 Å². The van der Waals surface area contributed by atoms with Crippen molar-refractivity contribution in [1.29, 1.82) is 0 Å². The van der Waals surface area contributed by atoms with Crippen LogP contribution >= 0.6 is 0 Å². The van der Waals surface area contributed by atoms with Crippen molar-refractivity contribution in [3.8, 4) is 5.75 Å². The van der Waals surface area contributed by atoms with Crippen molar-refractivity contribution in [2.45, 2.75) is 11.3 Å². The third-order valence-electron chi connectivity index (χ3n) is 5.23. The molecule has 0 saturated carbocycles. The van der Waals surface area contributed by atoms with E-state index in [1.165, 1.54) is 49.6 Å². The summed E-state index contributed by atoms with van der Waals surface area (Å²) in [5.41, 5.74) is 1.46. The number of fused-ring (bicyclic) bond motifs is 2. The lowest BCUT2D eigenvalue weighted by atomic mass is 9.84. The van der Waals surface area contributed by atoms with Gasteiger partial charge in [0.15, 0.2) is 21.4 Å². The number of anilines is 1. The summed E-state index contributed by atoms with van der Waals surface area (Å²) < 4.78 is 30.0. The Kier molecular flexibility index (Phi) is 5.63. The van der Waals surface area contributed by atoms with Crippen LogP contribution in [0.5, 0.6) is 5.75 Å². The number of methoxy groups -OCH3 is 1. The van der Waals surface area contributed by atoms with Gasteiger partial charge in [0.25, 0.3) is 0 Å². The predicted molar refractivity (Wildman–Crippen MR) is 118 cm³/mol. The minimum absolute atomic E-state index is 0.0997. The van der Waals surface area contributed by atoms with E-state index in [1.807, 2.05) is 0 Å². The molecular weight excluding hydrogens is 430 g/mol. The highest BCUT2D eigenvalue weighted by Gasteiger charge is 2.29. The lowest BCUT2D eigenvalue weighted by Crippen LogP contribution is -2.22. The number of sulfone groups is 1. The summed E-state index contributed by atoms with van der Waals surface area (Å²) in [5, 5.41) is 2.61. The first-order valence-corrected chi connectivity index (χ1v) is 11.4. The Bertz CT molecular complexity index is 1340. The Morgan fingerprint density at radius 1 is 0.844 bits per heavy atom. The Balaban J connectivity index is 1.46. The molecule has 1 aliphatic carbocycles. The SMILES string of the molecule is COc1ccc(S(=O)(=O)CCC(=O)Nc2ccc3c(c2)C(=O)c2ccccc2C3=O)cc1. The summed E-state index contributed by atoms with van der Waals surface area (Å²) >= 11 is 0. The minimum Gasteiger partial charge on any atom is -0.497 e. The largest absolute Gasteiger partial charge is 0.497 e. The molecule has 0 aromatic heterocycles. The Labute approximate surface area is 185 Å². The van der Waals surface area contributed by atoms with Crippen LogP contribution in [0.1, 0.15) is 38.3 Å². The summed E-state index contributed by atoms with van der Waals surface area (Å²) in [4.78, 5) is 37.9. The number of carbonyl (C=O) groups excluding carboxylic acids is 3. The van der Waals surface area contributed by atoms with Gasteiger partial charge in [0, 0.05) is 34.4 Å². The molecule has 32 heavy (non-hydrogen) atoms. The fourth-order valence-corrected chi connectivity index (χ4v) is 4.77. The van der Waals surface area contributed by atoms with Crippen LogP contribution in [0, 0.1) is 0 Å². The highest BCUT2D eigenvalue weighted by molar-refractivity contribution is 7.91. The molecule has 0 fully saturated rings. The van der Waals surface area contributed by atoms with Crippen LogP contribution in [-0.4, -0.2) is 38.8 Å².